The Balaban J connectivity index is 1.99. The van der Waals surface area contributed by atoms with Crippen molar-refractivity contribution in [1.29, 1.82) is 0 Å². The van der Waals surface area contributed by atoms with Crippen LogP contribution in [0.3, 0.4) is 0 Å². The largest absolute Gasteiger partial charge is 0.382 e. The molecule has 21 heavy (non-hydrogen) atoms. The Kier molecular flexibility index (Phi) is 5.33. The lowest BCUT2D eigenvalue weighted by Crippen LogP contribution is -2.24. The van der Waals surface area contributed by atoms with Crippen LogP contribution in [0.1, 0.15) is 18.9 Å². The maximum Gasteiger partial charge on any atom is 0.287 e. The molecule has 6 heteroatoms. The van der Waals surface area contributed by atoms with E-state index in [1.807, 2.05) is 6.92 Å². The van der Waals surface area contributed by atoms with Gasteiger partial charge in [-0.25, -0.2) is 9.07 Å². The molecule has 1 heterocycles. The van der Waals surface area contributed by atoms with Crippen LogP contribution in [0.15, 0.2) is 35.3 Å². The summed E-state index contributed by atoms with van der Waals surface area (Å²) < 4.78 is 14.1. The van der Waals surface area contributed by atoms with Gasteiger partial charge in [-0.3, -0.25) is 4.79 Å². The Morgan fingerprint density at radius 3 is 2.71 bits per heavy atom. The molecular formula is C15H17ClFN3O. The molecule has 0 saturated heterocycles. The van der Waals surface area contributed by atoms with Crippen LogP contribution in [0.25, 0.3) is 0 Å². The molecule has 0 spiro atoms. The second-order valence-electron chi connectivity index (χ2n) is 4.70. The lowest BCUT2D eigenvalue weighted by Gasteiger charge is -2.09. The zero-order chi connectivity index (χ0) is 15.2. The number of rotatable bonds is 6. The third-order valence-corrected chi connectivity index (χ3v) is 3.43. The minimum absolute atomic E-state index is 0.151. The third kappa shape index (κ3) is 4.04. The minimum atomic E-state index is -0.287. The van der Waals surface area contributed by atoms with Gasteiger partial charge in [0, 0.05) is 13.1 Å². The zero-order valence-corrected chi connectivity index (χ0v) is 12.5. The summed E-state index contributed by atoms with van der Waals surface area (Å²) in [6, 6.07) is 6.32. The van der Waals surface area contributed by atoms with Crippen molar-refractivity contribution in [1.82, 2.24) is 9.78 Å². The van der Waals surface area contributed by atoms with Crippen molar-refractivity contribution in [3.05, 3.63) is 57.2 Å². The Morgan fingerprint density at radius 2 is 2.05 bits per heavy atom. The van der Waals surface area contributed by atoms with Crippen LogP contribution in [0.4, 0.5) is 10.1 Å². The van der Waals surface area contributed by atoms with Gasteiger partial charge in [-0.1, -0.05) is 30.7 Å². The van der Waals surface area contributed by atoms with Crippen LogP contribution in [-0.4, -0.2) is 16.3 Å². The average molecular weight is 310 g/mol. The number of anilines is 1. The van der Waals surface area contributed by atoms with Gasteiger partial charge in [-0.2, -0.15) is 5.10 Å². The average Bonchev–Trinajstić information content (AvgIpc) is 2.48. The fraction of sp³-hybridized carbons (Fsp3) is 0.333. The van der Waals surface area contributed by atoms with E-state index < -0.39 is 0 Å². The molecule has 1 aromatic heterocycles. The summed E-state index contributed by atoms with van der Waals surface area (Å²) in [7, 11) is 0. The van der Waals surface area contributed by atoms with E-state index in [9.17, 15) is 9.18 Å². The maximum atomic E-state index is 12.8. The third-order valence-electron chi connectivity index (χ3n) is 3.06. The molecule has 1 N–H and O–H groups in total. The van der Waals surface area contributed by atoms with E-state index in [-0.39, 0.29) is 16.4 Å². The maximum absolute atomic E-state index is 12.8. The molecule has 0 radical (unpaired) electrons. The first-order valence-corrected chi connectivity index (χ1v) is 7.23. The van der Waals surface area contributed by atoms with Crippen molar-refractivity contribution in [2.24, 2.45) is 0 Å². The normalized spacial score (nSPS) is 10.6. The molecule has 1 aromatic carbocycles. The summed E-state index contributed by atoms with van der Waals surface area (Å²) in [5.41, 5.74) is 1.24. The Bertz CT molecular complexity index is 655. The number of benzene rings is 1. The summed E-state index contributed by atoms with van der Waals surface area (Å²) >= 11 is 6.05. The van der Waals surface area contributed by atoms with Crippen LogP contribution in [0, 0.1) is 5.82 Å². The first-order chi connectivity index (χ1) is 10.1. The lowest BCUT2D eigenvalue weighted by molar-refractivity contribution is 0.568. The Hall–Kier alpha value is -1.88. The molecule has 0 atom stereocenters. The molecular weight excluding hydrogens is 293 g/mol. The van der Waals surface area contributed by atoms with Crippen molar-refractivity contribution in [3.63, 3.8) is 0 Å². The van der Waals surface area contributed by atoms with Crippen molar-refractivity contribution in [3.8, 4) is 0 Å². The van der Waals surface area contributed by atoms with E-state index in [0.29, 0.717) is 25.2 Å². The fourth-order valence-corrected chi connectivity index (χ4v) is 2.17. The SMILES string of the molecule is CCCn1ncc(NCCc2ccc(F)cc2)c(Cl)c1=O. The standard InChI is InChI=1S/C15H17ClFN3O/c1-2-9-20-15(21)14(16)13(10-19-20)18-8-7-11-3-5-12(17)6-4-11/h3-6,10,18H,2,7-9H2,1H3. The van der Waals surface area contributed by atoms with Gasteiger partial charge in [0.1, 0.15) is 10.8 Å². The van der Waals surface area contributed by atoms with Gasteiger partial charge >= 0.3 is 0 Å². The molecule has 0 unspecified atom stereocenters. The van der Waals surface area contributed by atoms with E-state index in [0.717, 1.165) is 12.0 Å². The molecule has 112 valence electrons. The van der Waals surface area contributed by atoms with Crippen LogP contribution in [-0.2, 0) is 13.0 Å². The fourth-order valence-electron chi connectivity index (χ4n) is 1.95. The first-order valence-electron chi connectivity index (χ1n) is 6.85. The number of nitrogens with zero attached hydrogens (tertiary/aromatic N) is 2. The van der Waals surface area contributed by atoms with Gasteiger partial charge in [0.25, 0.3) is 5.56 Å². The predicted octanol–water partition coefficient (Wildman–Crippen LogP) is 3.10. The molecule has 0 aliphatic rings. The molecule has 2 rings (SSSR count). The van der Waals surface area contributed by atoms with Gasteiger partial charge in [-0.05, 0) is 30.5 Å². The van der Waals surface area contributed by atoms with Gasteiger partial charge in [0.2, 0.25) is 0 Å². The first kappa shape index (κ1) is 15.5. The van der Waals surface area contributed by atoms with Gasteiger partial charge in [0.05, 0.1) is 11.9 Å². The number of hydrogen-bond acceptors (Lipinski definition) is 3. The van der Waals surface area contributed by atoms with E-state index in [1.54, 1.807) is 18.3 Å². The monoisotopic (exact) mass is 309 g/mol. The molecule has 4 nitrogen and oxygen atoms in total. The highest BCUT2D eigenvalue weighted by atomic mass is 35.5. The van der Waals surface area contributed by atoms with Crippen LogP contribution < -0.4 is 10.9 Å². The predicted molar refractivity (Wildman–Crippen MR) is 82.4 cm³/mol. The van der Waals surface area contributed by atoms with Crippen molar-refractivity contribution in [2.75, 3.05) is 11.9 Å². The zero-order valence-electron chi connectivity index (χ0n) is 11.8. The van der Waals surface area contributed by atoms with Gasteiger partial charge in [-0.15, -0.1) is 0 Å². The van der Waals surface area contributed by atoms with E-state index in [1.165, 1.54) is 16.8 Å². The number of aryl methyl sites for hydroxylation is 1. The highest BCUT2D eigenvalue weighted by Crippen LogP contribution is 2.15. The molecule has 2 aromatic rings. The Labute approximate surface area is 127 Å². The summed E-state index contributed by atoms with van der Waals surface area (Å²) in [4.78, 5) is 11.9. The topological polar surface area (TPSA) is 46.9 Å². The van der Waals surface area contributed by atoms with Crippen LogP contribution in [0.5, 0.6) is 0 Å². The van der Waals surface area contributed by atoms with E-state index in [4.69, 9.17) is 11.6 Å². The molecule has 0 amide bonds. The number of aromatic nitrogens is 2. The second kappa shape index (κ2) is 7.22. The second-order valence-corrected chi connectivity index (χ2v) is 5.08. The summed E-state index contributed by atoms with van der Waals surface area (Å²) in [5, 5.41) is 7.31. The summed E-state index contributed by atoms with van der Waals surface area (Å²) in [5.74, 6) is -0.251. The summed E-state index contributed by atoms with van der Waals surface area (Å²) in [6.07, 6.45) is 3.08. The number of halogens is 2. The molecule has 0 bridgehead atoms. The lowest BCUT2D eigenvalue weighted by atomic mass is 10.1. The highest BCUT2D eigenvalue weighted by Gasteiger charge is 2.08. The van der Waals surface area contributed by atoms with E-state index >= 15 is 0 Å². The number of hydrogen-bond donors (Lipinski definition) is 1. The quantitative estimate of drug-likeness (QED) is 0.892. The summed E-state index contributed by atoms with van der Waals surface area (Å²) in [6.45, 7) is 3.11. The molecule has 0 aliphatic heterocycles. The van der Waals surface area contributed by atoms with Gasteiger partial charge < -0.3 is 5.32 Å². The van der Waals surface area contributed by atoms with Gasteiger partial charge in [0.15, 0.2) is 0 Å². The van der Waals surface area contributed by atoms with Crippen LogP contribution >= 0.6 is 11.6 Å². The molecule has 0 fully saturated rings. The highest BCUT2D eigenvalue weighted by molar-refractivity contribution is 6.32. The minimum Gasteiger partial charge on any atom is -0.382 e. The van der Waals surface area contributed by atoms with Crippen molar-refractivity contribution in [2.45, 2.75) is 26.3 Å². The smallest absolute Gasteiger partial charge is 0.287 e. The van der Waals surface area contributed by atoms with Crippen molar-refractivity contribution >= 4 is 17.3 Å². The molecule has 0 saturated carbocycles. The van der Waals surface area contributed by atoms with Crippen LogP contribution in [0.2, 0.25) is 5.02 Å². The Morgan fingerprint density at radius 1 is 1.33 bits per heavy atom. The number of nitrogens with one attached hydrogen (secondary N) is 1. The molecule has 0 aliphatic carbocycles. The van der Waals surface area contributed by atoms with Crippen molar-refractivity contribution < 1.29 is 4.39 Å². The van der Waals surface area contributed by atoms with E-state index in [2.05, 4.69) is 10.4 Å².